The summed E-state index contributed by atoms with van der Waals surface area (Å²) in [6, 6.07) is 3.39. The fourth-order valence-corrected chi connectivity index (χ4v) is 2.53. The molecule has 0 spiro atoms. The van der Waals surface area contributed by atoms with Gasteiger partial charge >= 0.3 is 5.97 Å². The van der Waals surface area contributed by atoms with Crippen molar-refractivity contribution in [1.82, 2.24) is 0 Å². The van der Waals surface area contributed by atoms with Crippen LogP contribution in [0.4, 0.5) is 0 Å². The molecule has 2 rings (SSSR count). The van der Waals surface area contributed by atoms with Crippen LogP contribution < -0.4 is 14.2 Å². The Bertz CT molecular complexity index is 491. The maximum absolute atomic E-state index is 11.6. The van der Waals surface area contributed by atoms with Crippen LogP contribution in [0.1, 0.15) is 24.8 Å². The summed E-state index contributed by atoms with van der Waals surface area (Å²) in [6.07, 6.45) is 2.14. The number of hydrogen-bond acceptors (Lipinski definition) is 4. The largest absolute Gasteiger partial charge is 0.496 e. The minimum atomic E-state index is -0.856. The quantitative estimate of drug-likeness (QED) is 0.885. The first-order valence-electron chi connectivity index (χ1n) is 6.13. The van der Waals surface area contributed by atoms with E-state index in [1.165, 1.54) is 21.3 Å². The molecular weight excluding hydrogens is 248 g/mol. The van der Waals surface area contributed by atoms with E-state index < -0.39 is 11.4 Å². The predicted octanol–water partition coefficient (Wildman–Crippen LogP) is 2.22. The number of carboxylic acids is 1. The highest BCUT2D eigenvalue weighted by molar-refractivity contribution is 5.84. The normalized spacial score (nSPS) is 16.4. The van der Waals surface area contributed by atoms with Crippen LogP contribution >= 0.6 is 0 Å². The van der Waals surface area contributed by atoms with Gasteiger partial charge in [-0.15, -0.1) is 0 Å². The molecule has 0 radical (unpaired) electrons. The molecule has 104 valence electrons. The van der Waals surface area contributed by atoms with E-state index >= 15 is 0 Å². The summed E-state index contributed by atoms with van der Waals surface area (Å²) in [7, 11) is 4.59. The van der Waals surface area contributed by atoms with Crippen molar-refractivity contribution in [3.8, 4) is 17.2 Å². The molecule has 1 aliphatic rings. The average Bonchev–Trinajstić information content (AvgIpc) is 2.36. The third-order valence-corrected chi connectivity index (χ3v) is 3.84. The summed E-state index contributed by atoms with van der Waals surface area (Å²) in [5.74, 6) is 0.762. The van der Waals surface area contributed by atoms with Crippen LogP contribution in [-0.2, 0) is 10.2 Å². The van der Waals surface area contributed by atoms with Gasteiger partial charge in [0, 0.05) is 11.6 Å². The zero-order valence-electron chi connectivity index (χ0n) is 11.4. The average molecular weight is 266 g/mol. The number of benzene rings is 1. The highest BCUT2D eigenvalue weighted by Gasteiger charge is 2.48. The van der Waals surface area contributed by atoms with Crippen LogP contribution in [0, 0.1) is 0 Å². The highest BCUT2D eigenvalue weighted by Crippen LogP contribution is 2.50. The highest BCUT2D eigenvalue weighted by atomic mass is 16.5. The van der Waals surface area contributed by atoms with Crippen molar-refractivity contribution >= 4 is 5.97 Å². The summed E-state index contributed by atoms with van der Waals surface area (Å²) in [5.41, 5.74) is -0.198. The van der Waals surface area contributed by atoms with E-state index in [9.17, 15) is 9.90 Å². The van der Waals surface area contributed by atoms with E-state index in [0.29, 0.717) is 35.7 Å². The molecule has 0 aromatic heterocycles. The molecule has 1 aliphatic carbocycles. The molecule has 0 atom stereocenters. The number of aliphatic carboxylic acids is 1. The molecule has 0 heterocycles. The molecule has 1 N–H and O–H groups in total. The second-order valence-electron chi connectivity index (χ2n) is 4.65. The van der Waals surface area contributed by atoms with Gasteiger partial charge in [0.2, 0.25) is 0 Å². The minimum Gasteiger partial charge on any atom is -0.496 e. The van der Waals surface area contributed by atoms with Gasteiger partial charge in [0.15, 0.2) is 11.5 Å². The fraction of sp³-hybridized carbons (Fsp3) is 0.500. The van der Waals surface area contributed by atoms with Crippen LogP contribution in [0.2, 0.25) is 0 Å². The summed E-state index contributed by atoms with van der Waals surface area (Å²) < 4.78 is 15.8. The second kappa shape index (κ2) is 4.99. The fourth-order valence-electron chi connectivity index (χ4n) is 2.53. The summed E-state index contributed by atoms with van der Waals surface area (Å²) in [5, 5.41) is 9.52. The molecular formula is C14H18O5. The van der Waals surface area contributed by atoms with E-state index in [1.54, 1.807) is 12.1 Å². The molecule has 0 saturated heterocycles. The summed E-state index contributed by atoms with van der Waals surface area (Å²) in [4.78, 5) is 11.6. The Morgan fingerprint density at radius 2 is 1.58 bits per heavy atom. The first-order valence-corrected chi connectivity index (χ1v) is 6.13. The van der Waals surface area contributed by atoms with Crippen LogP contribution in [-0.4, -0.2) is 32.4 Å². The summed E-state index contributed by atoms with van der Waals surface area (Å²) in [6.45, 7) is 0. The van der Waals surface area contributed by atoms with Crippen molar-refractivity contribution in [2.75, 3.05) is 21.3 Å². The monoisotopic (exact) mass is 266 g/mol. The van der Waals surface area contributed by atoms with E-state index in [-0.39, 0.29) is 0 Å². The lowest BCUT2D eigenvalue weighted by Crippen LogP contribution is -2.42. The first kappa shape index (κ1) is 13.5. The second-order valence-corrected chi connectivity index (χ2v) is 4.65. The molecule has 0 aliphatic heterocycles. The van der Waals surface area contributed by atoms with Crippen molar-refractivity contribution in [2.24, 2.45) is 0 Å². The number of methoxy groups -OCH3 is 3. The van der Waals surface area contributed by atoms with Crippen LogP contribution in [0.3, 0.4) is 0 Å². The lowest BCUT2D eigenvalue weighted by molar-refractivity contribution is -0.147. The first-order chi connectivity index (χ1) is 9.08. The Hall–Kier alpha value is -1.91. The van der Waals surface area contributed by atoms with Crippen molar-refractivity contribution in [3.63, 3.8) is 0 Å². The third kappa shape index (κ3) is 1.99. The van der Waals surface area contributed by atoms with Crippen LogP contribution in [0.5, 0.6) is 17.2 Å². The van der Waals surface area contributed by atoms with Gasteiger partial charge in [-0.25, -0.2) is 0 Å². The Labute approximate surface area is 112 Å². The molecule has 5 nitrogen and oxygen atoms in total. The smallest absolute Gasteiger partial charge is 0.314 e. The standard InChI is InChI=1S/C14H18O5/c1-17-10-8-12(19-3)11(18-2)7-9(10)14(13(15)16)5-4-6-14/h7-8H,4-6H2,1-3H3,(H,15,16). The zero-order valence-corrected chi connectivity index (χ0v) is 11.4. The van der Waals surface area contributed by atoms with Crippen LogP contribution in [0.15, 0.2) is 12.1 Å². The lowest BCUT2D eigenvalue weighted by Gasteiger charge is -2.39. The Morgan fingerprint density at radius 1 is 1.05 bits per heavy atom. The van der Waals surface area contributed by atoms with E-state index in [1.807, 2.05) is 0 Å². The maximum Gasteiger partial charge on any atom is 0.314 e. The molecule has 0 unspecified atom stereocenters. The summed E-state index contributed by atoms with van der Waals surface area (Å²) >= 11 is 0. The lowest BCUT2D eigenvalue weighted by atomic mass is 9.64. The topological polar surface area (TPSA) is 65.0 Å². The van der Waals surface area contributed by atoms with Gasteiger partial charge in [0.25, 0.3) is 0 Å². The van der Waals surface area contributed by atoms with Crippen molar-refractivity contribution in [1.29, 1.82) is 0 Å². The molecule has 1 fully saturated rings. The zero-order chi connectivity index (χ0) is 14.0. The van der Waals surface area contributed by atoms with E-state index in [2.05, 4.69) is 0 Å². The Balaban J connectivity index is 2.58. The van der Waals surface area contributed by atoms with Crippen LogP contribution in [0.25, 0.3) is 0 Å². The van der Waals surface area contributed by atoms with E-state index in [4.69, 9.17) is 14.2 Å². The number of rotatable bonds is 5. The molecule has 5 heteroatoms. The van der Waals surface area contributed by atoms with Crippen molar-refractivity contribution < 1.29 is 24.1 Å². The molecule has 1 saturated carbocycles. The Morgan fingerprint density at radius 3 is 1.95 bits per heavy atom. The predicted molar refractivity (Wildman–Crippen MR) is 69.3 cm³/mol. The molecule has 1 aromatic rings. The minimum absolute atomic E-state index is 0.519. The number of carboxylic acid groups (broad SMARTS) is 1. The van der Waals surface area contributed by atoms with Gasteiger partial charge in [-0.3, -0.25) is 4.79 Å². The van der Waals surface area contributed by atoms with Crippen molar-refractivity contribution in [2.45, 2.75) is 24.7 Å². The SMILES string of the molecule is COc1cc(OC)c(C2(C(=O)O)CCC2)cc1OC. The Kier molecular flexibility index (Phi) is 3.55. The van der Waals surface area contributed by atoms with Gasteiger partial charge in [-0.1, -0.05) is 6.42 Å². The number of carbonyl (C=O) groups is 1. The van der Waals surface area contributed by atoms with Gasteiger partial charge < -0.3 is 19.3 Å². The van der Waals surface area contributed by atoms with Gasteiger partial charge in [-0.05, 0) is 18.9 Å². The van der Waals surface area contributed by atoms with Crippen molar-refractivity contribution in [3.05, 3.63) is 17.7 Å². The van der Waals surface area contributed by atoms with E-state index in [0.717, 1.165) is 6.42 Å². The maximum atomic E-state index is 11.6. The number of hydrogen-bond donors (Lipinski definition) is 1. The van der Waals surface area contributed by atoms with Gasteiger partial charge in [-0.2, -0.15) is 0 Å². The molecule has 0 bridgehead atoms. The molecule has 0 amide bonds. The third-order valence-electron chi connectivity index (χ3n) is 3.84. The van der Waals surface area contributed by atoms with Gasteiger partial charge in [0.1, 0.15) is 5.75 Å². The van der Waals surface area contributed by atoms with Gasteiger partial charge in [0.05, 0.1) is 26.7 Å². The molecule has 19 heavy (non-hydrogen) atoms. The molecule has 1 aromatic carbocycles. The number of ether oxygens (including phenoxy) is 3.